The van der Waals surface area contributed by atoms with Crippen LogP contribution in [-0.4, -0.2) is 36.0 Å². The molecular weight excluding hydrogens is 363 g/mol. The quantitative estimate of drug-likeness (QED) is 0.825. The van der Waals surface area contributed by atoms with Crippen LogP contribution in [0.3, 0.4) is 0 Å². The van der Waals surface area contributed by atoms with Crippen molar-refractivity contribution in [2.24, 2.45) is 0 Å². The summed E-state index contributed by atoms with van der Waals surface area (Å²) in [6, 6.07) is 12.5. The summed E-state index contributed by atoms with van der Waals surface area (Å²) < 4.78 is 43.5. The van der Waals surface area contributed by atoms with Crippen molar-refractivity contribution in [3.05, 3.63) is 59.7 Å². The molecular formula is C19H16F3NO4. The Morgan fingerprint density at radius 1 is 1.04 bits per heavy atom. The normalized spacial score (nSPS) is 14.2. The lowest BCUT2D eigenvalue weighted by Crippen LogP contribution is -2.47. The van der Waals surface area contributed by atoms with Crippen LogP contribution in [0.5, 0.6) is 0 Å². The SMILES string of the molecule is O=C(O)CC(NC(=O)OCC1c2ccccc2-c2ccccc21)C(F)(F)F. The largest absolute Gasteiger partial charge is 0.481 e. The molecule has 0 bridgehead atoms. The number of fused-ring (bicyclic) bond motifs is 3. The summed E-state index contributed by atoms with van der Waals surface area (Å²) in [6.45, 7) is -0.155. The van der Waals surface area contributed by atoms with E-state index in [0.717, 1.165) is 22.3 Å². The average molecular weight is 379 g/mol. The number of carboxylic acids is 1. The number of alkyl carbamates (subject to hydrolysis) is 1. The van der Waals surface area contributed by atoms with Gasteiger partial charge in [0.25, 0.3) is 0 Å². The second-order valence-corrected chi connectivity index (χ2v) is 6.16. The molecule has 8 heteroatoms. The topological polar surface area (TPSA) is 75.6 Å². The second kappa shape index (κ2) is 7.30. The zero-order valence-electron chi connectivity index (χ0n) is 14.0. The molecule has 0 aliphatic heterocycles. The van der Waals surface area contributed by atoms with Crippen molar-refractivity contribution in [1.29, 1.82) is 0 Å². The zero-order valence-corrected chi connectivity index (χ0v) is 14.0. The van der Waals surface area contributed by atoms with Crippen molar-refractivity contribution < 1.29 is 32.6 Å². The molecule has 0 saturated carbocycles. The molecule has 2 aromatic rings. The molecule has 5 nitrogen and oxygen atoms in total. The van der Waals surface area contributed by atoms with Gasteiger partial charge in [0.15, 0.2) is 0 Å². The molecule has 3 rings (SSSR count). The maximum absolute atomic E-state index is 12.8. The molecule has 1 unspecified atom stereocenters. The standard InChI is InChI=1S/C19H16F3NO4/c20-19(21,22)16(9-17(24)25)23-18(26)27-10-15-13-7-3-1-5-11(13)12-6-2-4-8-14(12)15/h1-8,15-16H,9-10H2,(H,23,26)(H,24,25). The van der Waals surface area contributed by atoms with Gasteiger partial charge < -0.3 is 15.2 Å². The van der Waals surface area contributed by atoms with E-state index in [1.165, 1.54) is 0 Å². The number of ether oxygens (including phenoxy) is 1. The first-order valence-corrected chi connectivity index (χ1v) is 8.17. The van der Waals surface area contributed by atoms with Gasteiger partial charge in [0.2, 0.25) is 0 Å². The molecule has 1 aliphatic carbocycles. The van der Waals surface area contributed by atoms with Gasteiger partial charge in [-0.25, -0.2) is 4.79 Å². The third-order valence-corrected chi connectivity index (χ3v) is 4.41. The van der Waals surface area contributed by atoms with Gasteiger partial charge in [-0.3, -0.25) is 4.79 Å². The third kappa shape index (κ3) is 4.05. The van der Waals surface area contributed by atoms with Gasteiger partial charge >= 0.3 is 18.2 Å². The summed E-state index contributed by atoms with van der Waals surface area (Å²) in [4.78, 5) is 22.4. The minimum absolute atomic E-state index is 0.155. The van der Waals surface area contributed by atoms with E-state index in [1.54, 1.807) is 5.32 Å². The highest BCUT2D eigenvalue weighted by molar-refractivity contribution is 5.79. The van der Waals surface area contributed by atoms with Gasteiger partial charge in [0.1, 0.15) is 12.6 Å². The minimum Gasteiger partial charge on any atom is -0.481 e. The Bertz CT molecular complexity index is 821. The van der Waals surface area contributed by atoms with Crippen LogP contribution >= 0.6 is 0 Å². The van der Waals surface area contributed by atoms with Gasteiger partial charge in [-0.05, 0) is 22.3 Å². The first-order chi connectivity index (χ1) is 12.8. The molecule has 0 heterocycles. The average Bonchev–Trinajstić information content (AvgIpc) is 2.92. The predicted octanol–water partition coefficient (Wildman–Crippen LogP) is 3.93. The number of carbonyl (C=O) groups excluding carboxylic acids is 1. The van der Waals surface area contributed by atoms with Crippen LogP contribution < -0.4 is 5.32 Å². The molecule has 1 aliphatic rings. The van der Waals surface area contributed by atoms with Gasteiger partial charge in [0, 0.05) is 5.92 Å². The Morgan fingerprint density at radius 2 is 1.56 bits per heavy atom. The monoisotopic (exact) mass is 379 g/mol. The van der Waals surface area contributed by atoms with Crippen LogP contribution in [-0.2, 0) is 9.53 Å². The molecule has 142 valence electrons. The fourth-order valence-corrected chi connectivity index (χ4v) is 3.21. The number of aliphatic carboxylic acids is 1. The summed E-state index contributed by atoms with van der Waals surface area (Å²) >= 11 is 0. The lowest BCUT2D eigenvalue weighted by atomic mass is 9.98. The summed E-state index contributed by atoms with van der Waals surface area (Å²) in [6.07, 6.45) is -7.46. The molecule has 1 atom stereocenters. The Hall–Kier alpha value is -3.03. The van der Waals surface area contributed by atoms with E-state index in [0.29, 0.717) is 0 Å². The van der Waals surface area contributed by atoms with Crippen LogP contribution in [0.1, 0.15) is 23.5 Å². The zero-order chi connectivity index (χ0) is 19.6. The second-order valence-electron chi connectivity index (χ2n) is 6.16. The van der Waals surface area contributed by atoms with Crippen molar-refractivity contribution in [3.63, 3.8) is 0 Å². The van der Waals surface area contributed by atoms with Crippen LogP contribution in [0.2, 0.25) is 0 Å². The number of rotatable bonds is 5. The third-order valence-electron chi connectivity index (χ3n) is 4.41. The predicted molar refractivity (Wildman–Crippen MR) is 90.3 cm³/mol. The van der Waals surface area contributed by atoms with Gasteiger partial charge in [-0.1, -0.05) is 48.5 Å². The summed E-state index contributed by atoms with van der Waals surface area (Å²) in [7, 11) is 0. The maximum atomic E-state index is 12.8. The van der Waals surface area contributed by atoms with Crippen LogP contribution in [0.15, 0.2) is 48.5 Å². The van der Waals surface area contributed by atoms with Crippen molar-refractivity contribution in [2.75, 3.05) is 6.61 Å². The first-order valence-electron chi connectivity index (χ1n) is 8.17. The molecule has 0 saturated heterocycles. The fourth-order valence-electron chi connectivity index (χ4n) is 3.21. The molecule has 0 aromatic heterocycles. The van der Waals surface area contributed by atoms with Gasteiger partial charge in [-0.2, -0.15) is 13.2 Å². The Labute approximate surface area is 152 Å². The number of amides is 1. The van der Waals surface area contributed by atoms with E-state index < -0.39 is 30.7 Å². The van der Waals surface area contributed by atoms with Crippen LogP contribution in [0, 0.1) is 0 Å². The molecule has 1 amide bonds. The van der Waals surface area contributed by atoms with Crippen molar-refractivity contribution in [1.82, 2.24) is 5.32 Å². The van der Waals surface area contributed by atoms with E-state index in [4.69, 9.17) is 9.84 Å². The van der Waals surface area contributed by atoms with Gasteiger partial charge in [-0.15, -0.1) is 0 Å². The van der Waals surface area contributed by atoms with Crippen LogP contribution in [0.25, 0.3) is 11.1 Å². The molecule has 2 N–H and O–H groups in total. The number of carbonyl (C=O) groups is 2. The number of hydrogen-bond donors (Lipinski definition) is 2. The smallest absolute Gasteiger partial charge is 0.409 e. The van der Waals surface area contributed by atoms with E-state index >= 15 is 0 Å². The number of benzene rings is 2. The molecule has 0 fully saturated rings. The summed E-state index contributed by atoms with van der Waals surface area (Å²) in [5.41, 5.74) is 3.82. The van der Waals surface area contributed by atoms with Crippen LogP contribution in [0.4, 0.5) is 18.0 Å². The lowest BCUT2D eigenvalue weighted by Gasteiger charge is -2.20. The van der Waals surface area contributed by atoms with Gasteiger partial charge in [0.05, 0.1) is 6.42 Å². The molecule has 0 spiro atoms. The van der Waals surface area contributed by atoms with E-state index in [-0.39, 0.29) is 12.5 Å². The van der Waals surface area contributed by atoms with E-state index in [1.807, 2.05) is 48.5 Å². The summed E-state index contributed by atoms with van der Waals surface area (Å²) in [5, 5.41) is 10.2. The van der Waals surface area contributed by atoms with Crippen molar-refractivity contribution >= 4 is 12.1 Å². The number of nitrogens with one attached hydrogen (secondary N) is 1. The molecule has 0 radical (unpaired) electrons. The molecule has 2 aromatic carbocycles. The minimum atomic E-state index is -4.88. The highest BCUT2D eigenvalue weighted by atomic mass is 19.4. The highest BCUT2D eigenvalue weighted by Gasteiger charge is 2.42. The van der Waals surface area contributed by atoms with E-state index in [9.17, 15) is 22.8 Å². The Balaban J connectivity index is 1.71. The number of halogens is 3. The Kier molecular flexibility index (Phi) is 5.07. The first kappa shape index (κ1) is 18.8. The number of hydrogen-bond acceptors (Lipinski definition) is 3. The number of alkyl halides is 3. The Morgan fingerprint density at radius 3 is 2.04 bits per heavy atom. The summed E-state index contributed by atoms with van der Waals surface area (Å²) in [5.74, 6) is -1.97. The maximum Gasteiger partial charge on any atom is 0.409 e. The highest BCUT2D eigenvalue weighted by Crippen LogP contribution is 2.44. The van der Waals surface area contributed by atoms with Crippen molar-refractivity contribution in [3.8, 4) is 11.1 Å². The van der Waals surface area contributed by atoms with Crippen molar-refractivity contribution in [2.45, 2.75) is 24.6 Å². The van der Waals surface area contributed by atoms with E-state index in [2.05, 4.69) is 0 Å². The number of carboxylic acid groups (broad SMARTS) is 1. The molecule has 27 heavy (non-hydrogen) atoms. The lowest BCUT2D eigenvalue weighted by molar-refractivity contribution is -0.165. The fraction of sp³-hybridized carbons (Fsp3) is 0.263.